The summed E-state index contributed by atoms with van der Waals surface area (Å²) in [5.41, 5.74) is 3.81. The fraction of sp³-hybridized carbons (Fsp3) is 0.286. The molecule has 0 heterocycles. The van der Waals surface area contributed by atoms with Crippen LogP contribution >= 0.6 is 11.6 Å². The van der Waals surface area contributed by atoms with E-state index in [1.165, 1.54) is 32.2 Å². The van der Waals surface area contributed by atoms with Crippen LogP contribution in [0.25, 0.3) is 0 Å². The summed E-state index contributed by atoms with van der Waals surface area (Å²) in [6.45, 7) is 5.02. The first-order valence-corrected chi connectivity index (χ1v) is 9.58. The van der Waals surface area contributed by atoms with Gasteiger partial charge in [-0.3, -0.25) is 14.4 Å². The average molecular weight is 430 g/mol. The van der Waals surface area contributed by atoms with Crippen LogP contribution in [0.1, 0.15) is 28.4 Å². The number of anilines is 2. The third-order valence-electron chi connectivity index (χ3n) is 4.45. The molecule has 1 atom stereocenters. The van der Waals surface area contributed by atoms with Gasteiger partial charge in [0.2, 0.25) is 6.04 Å². The van der Waals surface area contributed by atoms with Crippen molar-refractivity contribution in [1.29, 1.82) is 0 Å². The van der Waals surface area contributed by atoms with E-state index in [0.29, 0.717) is 11.3 Å². The molecule has 2 aromatic carbocycles. The number of nitrogens with zero attached hydrogens (tertiary/aromatic N) is 2. The number of benzene rings is 2. The van der Waals surface area contributed by atoms with E-state index in [2.05, 4.69) is 26.2 Å². The summed E-state index contributed by atoms with van der Waals surface area (Å²) in [7, 11) is 3.32. The number of carbonyl (C=O) groups is 3. The molecule has 0 aliphatic heterocycles. The minimum Gasteiger partial charge on any atom is -0.388 e. The largest absolute Gasteiger partial charge is 0.388 e. The van der Waals surface area contributed by atoms with Crippen LogP contribution in [0.3, 0.4) is 0 Å². The third kappa shape index (κ3) is 5.42. The Labute approximate surface area is 180 Å². The number of Topliss-reactive ketones (excluding diaryl/α,β-unsaturated/α-hetero) is 1. The molecule has 0 saturated carbocycles. The Morgan fingerprint density at radius 3 is 2.23 bits per heavy atom. The summed E-state index contributed by atoms with van der Waals surface area (Å²) >= 11 is 6.11. The van der Waals surface area contributed by atoms with Crippen molar-refractivity contribution in [3.8, 4) is 0 Å². The van der Waals surface area contributed by atoms with Crippen molar-refractivity contribution in [2.75, 3.05) is 24.7 Å². The first-order chi connectivity index (χ1) is 14.2. The van der Waals surface area contributed by atoms with E-state index in [-0.39, 0.29) is 16.6 Å². The van der Waals surface area contributed by atoms with Crippen LogP contribution in [0.2, 0.25) is 5.02 Å². The average Bonchev–Trinajstić information content (AvgIpc) is 2.70. The first-order valence-electron chi connectivity index (χ1n) is 9.20. The van der Waals surface area contributed by atoms with Crippen LogP contribution in [0.4, 0.5) is 17.1 Å². The van der Waals surface area contributed by atoms with Crippen molar-refractivity contribution < 1.29 is 14.4 Å². The lowest BCUT2D eigenvalue weighted by atomic mass is 10.1. The number of azo groups is 1. The summed E-state index contributed by atoms with van der Waals surface area (Å²) in [6, 6.07) is 6.84. The molecule has 0 saturated heterocycles. The highest BCUT2D eigenvalue weighted by Gasteiger charge is 2.24. The number of hydrogen-bond acceptors (Lipinski definition) is 6. The van der Waals surface area contributed by atoms with Gasteiger partial charge in [-0.1, -0.05) is 11.6 Å². The second-order valence-electron chi connectivity index (χ2n) is 6.70. The Morgan fingerprint density at radius 2 is 1.63 bits per heavy atom. The van der Waals surface area contributed by atoms with Gasteiger partial charge in [0.15, 0.2) is 5.78 Å². The van der Waals surface area contributed by atoms with E-state index < -0.39 is 17.7 Å². The van der Waals surface area contributed by atoms with E-state index in [0.717, 1.165) is 16.8 Å². The van der Waals surface area contributed by atoms with Gasteiger partial charge in [0.25, 0.3) is 11.8 Å². The molecule has 9 heteroatoms. The van der Waals surface area contributed by atoms with Gasteiger partial charge >= 0.3 is 0 Å². The maximum atomic E-state index is 12.7. The Balaban J connectivity index is 2.28. The molecule has 0 spiro atoms. The fourth-order valence-electron chi connectivity index (χ4n) is 2.73. The molecular formula is C21H24ClN5O3. The van der Waals surface area contributed by atoms with E-state index in [1.54, 1.807) is 0 Å². The van der Waals surface area contributed by atoms with Gasteiger partial charge in [0, 0.05) is 31.0 Å². The molecule has 2 rings (SSSR count). The monoisotopic (exact) mass is 429 g/mol. The van der Waals surface area contributed by atoms with E-state index in [9.17, 15) is 14.4 Å². The molecule has 0 aliphatic carbocycles. The Bertz CT molecular complexity index is 1020. The zero-order valence-corrected chi connectivity index (χ0v) is 18.2. The molecular weight excluding hydrogens is 406 g/mol. The molecule has 0 bridgehead atoms. The maximum absolute atomic E-state index is 12.7. The van der Waals surface area contributed by atoms with Crippen molar-refractivity contribution in [3.05, 3.63) is 52.0 Å². The summed E-state index contributed by atoms with van der Waals surface area (Å²) in [5.74, 6) is -1.40. The van der Waals surface area contributed by atoms with Crippen molar-refractivity contribution in [2.24, 2.45) is 10.2 Å². The molecule has 158 valence electrons. The van der Waals surface area contributed by atoms with Gasteiger partial charge in [0.05, 0.1) is 5.02 Å². The highest BCUT2D eigenvalue weighted by molar-refractivity contribution is 6.33. The number of rotatable bonds is 7. The summed E-state index contributed by atoms with van der Waals surface area (Å²) < 4.78 is 0. The first kappa shape index (κ1) is 23.0. The number of ketones is 1. The smallest absolute Gasteiger partial charge is 0.258 e. The fourth-order valence-corrected chi connectivity index (χ4v) is 2.89. The van der Waals surface area contributed by atoms with E-state index >= 15 is 0 Å². The van der Waals surface area contributed by atoms with Crippen LogP contribution in [0, 0.1) is 13.8 Å². The van der Waals surface area contributed by atoms with Crippen molar-refractivity contribution in [1.82, 2.24) is 5.32 Å². The van der Waals surface area contributed by atoms with E-state index in [4.69, 9.17) is 11.6 Å². The van der Waals surface area contributed by atoms with E-state index in [1.807, 2.05) is 33.0 Å². The Morgan fingerprint density at radius 1 is 1.00 bits per heavy atom. The standard InChI is InChI=1S/C21H24ClN5O3/c1-11-9-17(12(2)8-16(11)23-4)25-21(30)19(13(3)28)27-26-18-10-14(20(29)24-5)6-7-15(18)22/h6-10,19,23H,1-5H3,(H,24,29)(H,25,30). The normalized spacial score (nSPS) is 11.8. The van der Waals surface area contributed by atoms with Gasteiger partial charge in [-0.05, 0) is 62.2 Å². The molecule has 2 aromatic rings. The number of amides is 2. The van der Waals surface area contributed by atoms with Gasteiger partial charge in [0.1, 0.15) is 5.69 Å². The summed E-state index contributed by atoms with van der Waals surface area (Å²) in [6.07, 6.45) is 0. The number of carbonyl (C=O) groups excluding carboxylic acids is 3. The van der Waals surface area contributed by atoms with Crippen molar-refractivity contribution in [2.45, 2.75) is 26.8 Å². The highest BCUT2D eigenvalue weighted by Crippen LogP contribution is 2.27. The molecule has 1 unspecified atom stereocenters. The number of hydrogen-bond donors (Lipinski definition) is 3. The van der Waals surface area contributed by atoms with Crippen LogP contribution in [0.15, 0.2) is 40.6 Å². The number of aryl methyl sites for hydroxylation is 2. The second-order valence-corrected chi connectivity index (χ2v) is 7.10. The van der Waals surface area contributed by atoms with Gasteiger partial charge in [-0.15, -0.1) is 0 Å². The van der Waals surface area contributed by atoms with Crippen LogP contribution in [-0.4, -0.2) is 37.7 Å². The van der Waals surface area contributed by atoms with Crippen LogP contribution in [-0.2, 0) is 9.59 Å². The predicted octanol–water partition coefficient (Wildman–Crippen LogP) is 4.04. The van der Waals surface area contributed by atoms with Crippen molar-refractivity contribution >= 4 is 46.3 Å². The molecule has 30 heavy (non-hydrogen) atoms. The quantitative estimate of drug-likeness (QED) is 0.455. The molecule has 2 amide bonds. The minimum atomic E-state index is -1.35. The Hall–Kier alpha value is -3.26. The zero-order chi connectivity index (χ0) is 22.4. The second kappa shape index (κ2) is 9.98. The molecule has 0 aromatic heterocycles. The lowest BCUT2D eigenvalue weighted by molar-refractivity contribution is -0.126. The van der Waals surface area contributed by atoms with Gasteiger partial charge in [-0.25, -0.2) is 0 Å². The highest BCUT2D eigenvalue weighted by atomic mass is 35.5. The topological polar surface area (TPSA) is 112 Å². The number of nitrogens with one attached hydrogen (secondary N) is 3. The molecule has 0 radical (unpaired) electrons. The minimum absolute atomic E-state index is 0.183. The SMILES string of the molecule is CNC(=O)c1ccc(Cl)c(N=NC(C(C)=O)C(=O)Nc2cc(C)c(NC)cc2C)c1. The maximum Gasteiger partial charge on any atom is 0.258 e. The third-order valence-corrected chi connectivity index (χ3v) is 4.77. The van der Waals surface area contributed by atoms with Crippen molar-refractivity contribution in [3.63, 3.8) is 0 Å². The summed E-state index contributed by atoms with van der Waals surface area (Å²) in [5, 5.41) is 16.4. The van der Waals surface area contributed by atoms with Gasteiger partial charge in [-0.2, -0.15) is 10.2 Å². The number of halogens is 1. The summed E-state index contributed by atoms with van der Waals surface area (Å²) in [4.78, 5) is 36.5. The van der Waals surface area contributed by atoms with Crippen LogP contribution in [0.5, 0.6) is 0 Å². The lowest BCUT2D eigenvalue weighted by Gasteiger charge is -2.14. The predicted molar refractivity (Wildman–Crippen MR) is 118 cm³/mol. The van der Waals surface area contributed by atoms with Crippen LogP contribution < -0.4 is 16.0 Å². The lowest BCUT2D eigenvalue weighted by Crippen LogP contribution is -2.32. The van der Waals surface area contributed by atoms with Gasteiger partial charge < -0.3 is 16.0 Å². The molecule has 8 nitrogen and oxygen atoms in total. The Kier molecular flexibility index (Phi) is 7.66. The molecule has 0 fully saturated rings. The molecule has 0 aliphatic rings. The molecule has 3 N–H and O–H groups in total. The zero-order valence-electron chi connectivity index (χ0n) is 17.5.